The van der Waals surface area contributed by atoms with Gasteiger partial charge in [-0.1, -0.05) is 0 Å². The molecule has 0 unspecified atom stereocenters. The van der Waals surface area contributed by atoms with Crippen LogP contribution in [0.5, 0.6) is 0 Å². The van der Waals surface area contributed by atoms with Gasteiger partial charge in [0.05, 0.1) is 0 Å². The molecule has 0 saturated carbocycles. The fraction of sp³-hybridized carbons (Fsp3) is 0.800. The number of amides is 4. The Morgan fingerprint density at radius 2 is 1.56 bits per heavy atom. The van der Waals surface area contributed by atoms with Crippen LogP contribution < -0.4 is 5.32 Å². The number of carbonyl (C=O) groups is 2. The number of nitrogens with zero attached hydrogens (tertiary/aromatic N) is 3. The lowest BCUT2D eigenvalue weighted by Gasteiger charge is -2.27. The van der Waals surface area contributed by atoms with Crippen LogP contribution in [0.4, 0.5) is 9.59 Å². The van der Waals surface area contributed by atoms with Crippen molar-refractivity contribution in [3.63, 3.8) is 0 Å². The van der Waals surface area contributed by atoms with E-state index < -0.39 is 0 Å². The molecule has 6 heteroatoms. The number of carbonyl (C=O) groups excluding carboxylic acids is 2. The van der Waals surface area contributed by atoms with Gasteiger partial charge in [-0.15, -0.1) is 0 Å². The van der Waals surface area contributed by atoms with E-state index in [1.807, 2.05) is 20.8 Å². The van der Waals surface area contributed by atoms with Crippen molar-refractivity contribution in [1.82, 2.24) is 20.0 Å². The molecule has 0 spiro atoms. The summed E-state index contributed by atoms with van der Waals surface area (Å²) in [5.41, 5.74) is 0. The van der Waals surface area contributed by atoms with Crippen LogP contribution in [0.15, 0.2) is 0 Å². The van der Waals surface area contributed by atoms with E-state index in [1.165, 1.54) is 0 Å². The third-order valence-corrected chi connectivity index (χ3v) is 3.30. The number of hydrogen-bond acceptors (Lipinski definition) is 2. The maximum atomic E-state index is 12.0. The lowest BCUT2D eigenvalue weighted by molar-refractivity contribution is 0.136. The zero-order chi connectivity index (χ0) is 11.9. The average Bonchev–Trinajstić information content (AvgIpc) is 2.70. The van der Waals surface area contributed by atoms with Crippen molar-refractivity contribution in [2.45, 2.75) is 33.1 Å². The van der Waals surface area contributed by atoms with E-state index in [0.717, 1.165) is 0 Å². The number of urea groups is 2. The number of fused-ring (bicyclic) bond motifs is 1. The molecular formula is C10H18N4O2. The minimum Gasteiger partial charge on any atom is -0.314 e. The second-order valence-electron chi connectivity index (χ2n) is 3.95. The first-order valence-corrected chi connectivity index (χ1v) is 5.80. The summed E-state index contributed by atoms with van der Waals surface area (Å²) in [6, 6.07) is -0.0691. The second-order valence-corrected chi connectivity index (χ2v) is 3.95. The molecule has 2 aliphatic heterocycles. The van der Waals surface area contributed by atoms with Crippen LogP contribution in [0.2, 0.25) is 0 Å². The van der Waals surface area contributed by atoms with Crippen LogP contribution in [0, 0.1) is 0 Å². The molecular weight excluding hydrogens is 208 g/mol. The second kappa shape index (κ2) is 3.84. The number of likely N-dealkylation sites (N-methyl/N-ethyl adjacent to an activating group) is 3. The number of hydrogen-bond donors (Lipinski definition) is 1. The van der Waals surface area contributed by atoms with E-state index in [2.05, 4.69) is 5.32 Å². The van der Waals surface area contributed by atoms with Gasteiger partial charge in [0.1, 0.15) is 12.3 Å². The third-order valence-electron chi connectivity index (χ3n) is 3.30. The van der Waals surface area contributed by atoms with Crippen molar-refractivity contribution in [3.8, 4) is 0 Å². The highest BCUT2D eigenvalue weighted by Crippen LogP contribution is 2.28. The van der Waals surface area contributed by atoms with Crippen molar-refractivity contribution in [3.05, 3.63) is 0 Å². The Kier molecular flexibility index (Phi) is 2.65. The Labute approximate surface area is 95.2 Å². The maximum Gasteiger partial charge on any atom is 0.323 e. The van der Waals surface area contributed by atoms with E-state index in [0.29, 0.717) is 19.6 Å². The quantitative estimate of drug-likeness (QED) is 0.760. The molecule has 6 nitrogen and oxygen atoms in total. The minimum absolute atomic E-state index is 0.0125. The van der Waals surface area contributed by atoms with Crippen LogP contribution in [0.3, 0.4) is 0 Å². The SMILES string of the molecule is CCN1C(=O)N[C@H]2[C@H]1N(CC)C(=O)N2CC. The third kappa shape index (κ3) is 1.25. The Hall–Kier alpha value is -1.46. The topological polar surface area (TPSA) is 55.9 Å². The monoisotopic (exact) mass is 226 g/mol. The number of nitrogens with one attached hydrogen (secondary N) is 1. The fourth-order valence-electron chi connectivity index (χ4n) is 2.53. The highest BCUT2D eigenvalue weighted by molar-refractivity contribution is 5.85. The Morgan fingerprint density at radius 3 is 2.06 bits per heavy atom. The van der Waals surface area contributed by atoms with Crippen LogP contribution in [-0.2, 0) is 0 Å². The lowest BCUT2D eigenvalue weighted by Crippen LogP contribution is -2.46. The summed E-state index contributed by atoms with van der Waals surface area (Å²) in [6.45, 7) is 7.65. The first-order chi connectivity index (χ1) is 7.65. The minimum atomic E-state index is -0.190. The van der Waals surface area contributed by atoms with Crippen LogP contribution >= 0.6 is 0 Å². The summed E-state index contributed by atoms with van der Waals surface area (Å²) in [5, 5.41) is 2.86. The Bertz CT molecular complexity index is 318. The molecule has 90 valence electrons. The largest absolute Gasteiger partial charge is 0.323 e. The van der Waals surface area contributed by atoms with Crippen molar-refractivity contribution >= 4 is 12.1 Å². The highest BCUT2D eigenvalue weighted by Gasteiger charge is 2.53. The van der Waals surface area contributed by atoms with Gasteiger partial charge in [0.25, 0.3) is 0 Å². The molecule has 4 amide bonds. The average molecular weight is 226 g/mol. The zero-order valence-corrected chi connectivity index (χ0v) is 9.93. The first kappa shape index (κ1) is 11.0. The van der Waals surface area contributed by atoms with Crippen LogP contribution in [-0.4, -0.2) is 58.7 Å². The molecule has 0 aromatic rings. The van der Waals surface area contributed by atoms with E-state index in [4.69, 9.17) is 0 Å². The van der Waals surface area contributed by atoms with Gasteiger partial charge in [0.15, 0.2) is 0 Å². The molecule has 16 heavy (non-hydrogen) atoms. The van der Waals surface area contributed by atoms with Gasteiger partial charge in [-0.2, -0.15) is 0 Å². The van der Waals surface area contributed by atoms with Crippen molar-refractivity contribution in [1.29, 1.82) is 0 Å². The smallest absolute Gasteiger partial charge is 0.314 e. The van der Waals surface area contributed by atoms with Gasteiger partial charge in [0.2, 0.25) is 0 Å². The summed E-state index contributed by atoms with van der Waals surface area (Å²) in [7, 11) is 0. The summed E-state index contributed by atoms with van der Waals surface area (Å²) in [6.07, 6.45) is -0.333. The molecule has 1 N–H and O–H groups in total. The summed E-state index contributed by atoms with van der Waals surface area (Å²) in [5.74, 6) is 0. The predicted octanol–water partition coefficient (Wildman–Crippen LogP) is 0.461. The van der Waals surface area contributed by atoms with E-state index in [1.54, 1.807) is 14.7 Å². The van der Waals surface area contributed by atoms with E-state index >= 15 is 0 Å². The van der Waals surface area contributed by atoms with E-state index in [9.17, 15) is 9.59 Å². The normalized spacial score (nSPS) is 28.8. The van der Waals surface area contributed by atoms with Gasteiger partial charge in [-0.05, 0) is 20.8 Å². The molecule has 2 fully saturated rings. The highest BCUT2D eigenvalue weighted by atomic mass is 16.2. The molecule has 2 saturated heterocycles. The van der Waals surface area contributed by atoms with E-state index in [-0.39, 0.29) is 24.4 Å². The summed E-state index contributed by atoms with van der Waals surface area (Å²) >= 11 is 0. The molecule has 0 aliphatic carbocycles. The van der Waals surface area contributed by atoms with Crippen molar-refractivity contribution in [2.75, 3.05) is 19.6 Å². The molecule has 0 aromatic heterocycles. The van der Waals surface area contributed by atoms with Crippen LogP contribution in [0.25, 0.3) is 0 Å². The standard InChI is InChI=1S/C10H18N4O2/c1-4-12-7-8(14(6-3)10(12)16)13(5-2)9(15)11-7/h7-8H,4-6H2,1-3H3,(H,11,15)/t7-,8-/m1/s1. The molecule has 0 bridgehead atoms. The Balaban J connectivity index is 2.31. The molecule has 2 heterocycles. The number of rotatable bonds is 3. The van der Waals surface area contributed by atoms with Crippen molar-refractivity contribution < 1.29 is 9.59 Å². The summed E-state index contributed by atoms with van der Waals surface area (Å²) in [4.78, 5) is 28.9. The maximum absolute atomic E-state index is 12.0. The molecule has 0 radical (unpaired) electrons. The van der Waals surface area contributed by atoms with Gasteiger partial charge in [-0.25, -0.2) is 9.59 Å². The summed E-state index contributed by atoms with van der Waals surface area (Å²) < 4.78 is 0. The van der Waals surface area contributed by atoms with Gasteiger partial charge >= 0.3 is 12.1 Å². The molecule has 0 aromatic carbocycles. The van der Waals surface area contributed by atoms with Crippen molar-refractivity contribution in [2.24, 2.45) is 0 Å². The van der Waals surface area contributed by atoms with Crippen LogP contribution in [0.1, 0.15) is 20.8 Å². The molecule has 2 aliphatic rings. The predicted molar refractivity (Wildman–Crippen MR) is 58.6 cm³/mol. The lowest BCUT2D eigenvalue weighted by atomic mass is 10.3. The van der Waals surface area contributed by atoms with Gasteiger partial charge in [0, 0.05) is 19.6 Å². The van der Waals surface area contributed by atoms with Gasteiger partial charge < -0.3 is 20.0 Å². The molecule has 2 rings (SSSR count). The first-order valence-electron chi connectivity index (χ1n) is 5.80. The van der Waals surface area contributed by atoms with Gasteiger partial charge in [-0.3, -0.25) is 0 Å². The fourth-order valence-corrected chi connectivity index (χ4v) is 2.53. The Morgan fingerprint density at radius 1 is 1.00 bits per heavy atom. The zero-order valence-electron chi connectivity index (χ0n) is 9.93. The molecule has 2 atom stereocenters.